The zero-order valence-electron chi connectivity index (χ0n) is 13.2. The molecule has 114 valence electrons. The molecule has 0 aliphatic heterocycles. The monoisotopic (exact) mass is 278 g/mol. The van der Waals surface area contributed by atoms with Crippen molar-refractivity contribution in [2.24, 2.45) is 17.3 Å². The molecule has 2 fully saturated rings. The van der Waals surface area contributed by atoms with E-state index >= 15 is 0 Å². The minimum absolute atomic E-state index is 0.149. The van der Waals surface area contributed by atoms with E-state index in [0.717, 1.165) is 18.8 Å². The van der Waals surface area contributed by atoms with Gasteiger partial charge in [-0.1, -0.05) is 39.0 Å². The highest BCUT2D eigenvalue weighted by Crippen LogP contribution is 2.49. The van der Waals surface area contributed by atoms with Crippen LogP contribution in [0.2, 0.25) is 0 Å². The van der Waals surface area contributed by atoms with Crippen LogP contribution in [-0.4, -0.2) is 11.6 Å². The van der Waals surface area contributed by atoms with Crippen LogP contribution in [0.3, 0.4) is 0 Å². The molecule has 0 unspecified atom stereocenters. The molecule has 2 rings (SSSR count). The summed E-state index contributed by atoms with van der Waals surface area (Å²) in [6.45, 7) is 4.02. The molecule has 0 aromatic heterocycles. The first-order valence-electron chi connectivity index (χ1n) is 8.61. The van der Waals surface area contributed by atoms with Crippen molar-refractivity contribution in [2.75, 3.05) is 0 Å². The SMILES string of the molecule is CCCCC1CCC(C2(C(C)=O)CCC(=O)CC2)CC1. The predicted molar refractivity (Wildman–Crippen MR) is 81.6 cm³/mol. The lowest BCUT2D eigenvalue weighted by Crippen LogP contribution is -2.42. The fourth-order valence-electron chi connectivity index (χ4n) is 4.52. The number of hydrogen-bond acceptors (Lipinski definition) is 2. The molecular formula is C18H30O2. The van der Waals surface area contributed by atoms with Crippen LogP contribution in [0, 0.1) is 17.3 Å². The molecule has 2 aliphatic rings. The normalized spacial score (nSPS) is 30.2. The molecule has 0 aromatic rings. The van der Waals surface area contributed by atoms with Gasteiger partial charge in [0.15, 0.2) is 0 Å². The van der Waals surface area contributed by atoms with Crippen molar-refractivity contribution in [1.29, 1.82) is 0 Å². The van der Waals surface area contributed by atoms with Crippen molar-refractivity contribution in [2.45, 2.75) is 84.5 Å². The van der Waals surface area contributed by atoms with Crippen LogP contribution in [0.25, 0.3) is 0 Å². The Morgan fingerprint density at radius 2 is 1.75 bits per heavy atom. The van der Waals surface area contributed by atoms with E-state index in [4.69, 9.17) is 0 Å². The standard InChI is InChI=1S/C18H30O2/c1-3-4-5-15-6-8-16(9-7-15)18(14(2)19)12-10-17(20)11-13-18/h15-16H,3-13H2,1-2H3. The van der Waals surface area contributed by atoms with Crippen LogP contribution in [-0.2, 0) is 9.59 Å². The summed E-state index contributed by atoms with van der Waals surface area (Å²) in [5, 5.41) is 0. The topological polar surface area (TPSA) is 34.1 Å². The predicted octanol–water partition coefficient (Wildman–Crippen LogP) is 4.70. The van der Waals surface area contributed by atoms with Crippen LogP contribution < -0.4 is 0 Å². The van der Waals surface area contributed by atoms with Crippen LogP contribution in [0.1, 0.15) is 84.5 Å². The Balaban J connectivity index is 1.95. The highest BCUT2D eigenvalue weighted by Gasteiger charge is 2.45. The summed E-state index contributed by atoms with van der Waals surface area (Å²) in [4.78, 5) is 23.8. The van der Waals surface area contributed by atoms with E-state index in [1.165, 1.54) is 44.9 Å². The van der Waals surface area contributed by atoms with Crippen LogP contribution in [0.4, 0.5) is 0 Å². The zero-order chi connectivity index (χ0) is 14.6. The molecule has 2 aliphatic carbocycles. The number of Topliss-reactive ketones (excluding diaryl/α,β-unsaturated/α-hetero) is 2. The molecule has 2 saturated carbocycles. The lowest BCUT2D eigenvalue weighted by atomic mass is 9.58. The van der Waals surface area contributed by atoms with Crippen molar-refractivity contribution in [3.63, 3.8) is 0 Å². The van der Waals surface area contributed by atoms with Gasteiger partial charge in [0.05, 0.1) is 0 Å². The summed E-state index contributed by atoms with van der Waals surface area (Å²) in [5.41, 5.74) is -0.149. The molecule has 0 heterocycles. The molecule has 0 atom stereocenters. The Morgan fingerprint density at radius 1 is 1.15 bits per heavy atom. The number of ketones is 2. The van der Waals surface area contributed by atoms with E-state index in [0.29, 0.717) is 30.3 Å². The lowest BCUT2D eigenvalue weighted by Gasteiger charge is -2.44. The van der Waals surface area contributed by atoms with Gasteiger partial charge in [0.1, 0.15) is 11.6 Å². The van der Waals surface area contributed by atoms with Gasteiger partial charge in [0, 0.05) is 18.3 Å². The number of carbonyl (C=O) groups excluding carboxylic acids is 2. The molecular weight excluding hydrogens is 248 g/mol. The highest BCUT2D eigenvalue weighted by atomic mass is 16.1. The summed E-state index contributed by atoms with van der Waals surface area (Å²) in [6.07, 6.45) is 11.9. The molecule has 0 spiro atoms. The van der Waals surface area contributed by atoms with Gasteiger partial charge < -0.3 is 0 Å². The van der Waals surface area contributed by atoms with Crippen molar-refractivity contribution in [1.82, 2.24) is 0 Å². The maximum absolute atomic E-state index is 12.3. The summed E-state index contributed by atoms with van der Waals surface area (Å²) in [7, 11) is 0. The fourth-order valence-corrected chi connectivity index (χ4v) is 4.52. The zero-order valence-corrected chi connectivity index (χ0v) is 13.2. The minimum Gasteiger partial charge on any atom is -0.300 e. The van der Waals surface area contributed by atoms with Crippen LogP contribution in [0.15, 0.2) is 0 Å². The molecule has 2 heteroatoms. The van der Waals surface area contributed by atoms with E-state index in [1.54, 1.807) is 6.92 Å². The third-order valence-corrected chi connectivity index (χ3v) is 6.00. The fraction of sp³-hybridized carbons (Fsp3) is 0.889. The summed E-state index contributed by atoms with van der Waals surface area (Å²) in [6, 6.07) is 0. The Hall–Kier alpha value is -0.660. The number of rotatable bonds is 5. The summed E-state index contributed by atoms with van der Waals surface area (Å²) >= 11 is 0. The van der Waals surface area contributed by atoms with Crippen LogP contribution in [0.5, 0.6) is 0 Å². The first-order valence-corrected chi connectivity index (χ1v) is 8.61. The van der Waals surface area contributed by atoms with E-state index < -0.39 is 0 Å². The van der Waals surface area contributed by atoms with Gasteiger partial charge in [-0.15, -0.1) is 0 Å². The van der Waals surface area contributed by atoms with Crippen molar-refractivity contribution >= 4 is 11.6 Å². The summed E-state index contributed by atoms with van der Waals surface area (Å²) < 4.78 is 0. The first kappa shape index (κ1) is 15.7. The maximum atomic E-state index is 12.3. The Bertz CT molecular complexity index is 340. The molecule has 0 bridgehead atoms. The van der Waals surface area contributed by atoms with Gasteiger partial charge in [-0.25, -0.2) is 0 Å². The van der Waals surface area contributed by atoms with Crippen molar-refractivity contribution < 1.29 is 9.59 Å². The number of hydrogen-bond donors (Lipinski definition) is 0. The maximum Gasteiger partial charge on any atom is 0.136 e. The number of carbonyl (C=O) groups is 2. The second-order valence-electron chi connectivity index (χ2n) is 7.11. The molecule has 0 radical (unpaired) electrons. The van der Waals surface area contributed by atoms with Crippen molar-refractivity contribution in [3.05, 3.63) is 0 Å². The molecule has 20 heavy (non-hydrogen) atoms. The van der Waals surface area contributed by atoms with Crippen LogP contribution >= 0.6 is 0 Å². The van der Waals surface area contributed by atoms with Gasteiger partial charge in [0.2, 0.25) is 0 Å². The minimum atomic E-state index is -0.149. The van der Waals surface area contributed by atoms with Gasteiger partial charge in [-0.3, -0.25) is 9.59 Å². The Kier molecular flexibility index (Phi) is 5.40. The van der Waals surface area contributed by atoms with E-state index in [9.17, 15) is 9.59 Å². The summed E-state index contributed by atoms with van der Waals surface area (Å²) in [5.74, 6) is 2.15. The number of unbranched alkanes of at least 4 members (excludes halogenated alkanes) is 1. The average molecular weight is 278 g/mol. The second-order valence-corrected chi connectivity index (χ2v) is 7.11. The molecule has 0 amide bonds. The first-order chi connectivity index (χ1) is 9.58. The second kappa shape index (κ2) is 6.87. The Labute approximate surface area is 123 Å². The molecule has 0 saturated heterocycles. The van der Waals surface area contributed by atoms with Gasteiger partial charge >= 0.3 is 0 Å². The Morgan fingerprint density at radius 3 is 2.25 bits per heavy atom. The molecule has 0 aromatic carbocycles. The van der Waals surface area contributed by atoms with Crippen molar-refractivity contribution in [3.8, 4) is 0 Å². The highest BCUT2D eigenvalue weighted by molar-refractivity contribution is 5.87. The third-order valence-electron chi connectivity index (χ3n) is 6.00. The van der Waals surface area contributed by atoms with E-state index in [2.05, 4.69) is 6.92 Å². The average Bonchev–Trinajstić information content (AvgIpc) is 2.46. The third kappa shape index (κ3) is 3.32. The van der Waals surface area contributed by atoms with E-state index in [-0.39, 0.29) is 5.41 Å². The smallest absolute Gasteiger partial charge is 0.136 e. The lowest BCUT2D eigenvalue weighted by molar-refractivity contribution is -0.137. The largest absolute Gasteiger partial charge is 0.300 e. The van der Waals surface area contributed by atoms with Gasteiger partial charge in [-0.2, -0.15) is 0 Å². The molecule has 0 N–H and O–H groups in total. The van der Waals surface area contributed by atoms with E-state index in [1.807, 2.05) is 0 Å². The van der Waals surface area contributed by atoms with Gasteiger partial charge in [-0.05, 0) is 44.4 Å². The quantitative estimate of drug-likeness (QED) is 0.730. The van der Waals surface area contributed by atoms with Gasteiger partial charge in [0.25, 0.3) is 0 Å². The molecule has 2 nitrogen and oxygen atoms in total.